The average molecular weight is 569 g/mol. The van der Waals surface area contributed by atoms with Crippen LogP contribution in [0.1, 0.15) is 29.5 Å². The van der Waals surface area contributed by atoms with Crippen LogP contribution < -0.4 is 4.90 Å². The van der Waals surface area contributed by atoms with Crippen LogP contribution in [0.15, 0.2) is 61.6 Å². The first-order valence-electron chi connectivity index (χ1n) is 13.8. The molecule has 2 saturated heterocycles. The normalized spacial score (nSPS) is 18.1. The van der Waals surface area contributed by atoms with Crippen molar-refractivity contribution < 1.29 is 18.0 Å². The summed E-state index contributed by atoms with van der Waals surface area (Å²) >= 11 is 0. The molecule has 0 radical (unpaired) electrons. The molecule has 12 heteroatoms. The summed E-state index contributed by atoms with van der Waals surface area (Å²) in [6, 6.07) is 5.68. The van der Waals surface area contributed by atoms with Crippen LogP contribution in [0.25, 0.3) is 0 Å². The number of piperidine rings is 1. The highest BCUT2D eigenvalue weighted by Crippen LogP contribution is 2.39. The maximum atomic E-state index is 13.6. The number of halogens is 3. The summed E-state index contributed by atoms with van der Waals surface area (Å²) in [6.45, 7) is 5.48. The standard InChI is InChI=1S/C29H35F3N8O/c1-37(19-23-16-34-22-35-17-23)21-28(24-3-2-4-25(15-24)29(30,31)32)5-9-40(10-6-28)27(41)20-38-11-13-39(14-12-38)26-18-33-7-8-36-26/h2-4,7-8,15-18,22H,5-6,9-14,19-21H2,1H3. The molecule has 218 valence electrons. The molecule has 0 aliphatic carbocycles. The number of rotatable bonds is 8. The van der Waals surface area contributed by atoms with E-state index in [9.17, 15) is 18.0 Å². The van der Waals surface area contributed by atoms with E-state index in [1.807, 2.05) is 11.9 Å². The number of nitrogens with zero attached hydrogens (tertiary/aromatic N) is 8. The zero-order chi connectivity index (χ0) is 28.9. The molecule has 3 aromatic rings. The highest BCUT2D eigenvalue weighted by molar-refractivity contribution is 5.78. The van der Waals surface area contributed by atoms with Crippen molar-refractivity contribution in [3.63, 3.8) is 0 Å². The van der Waals surface area contributed by atoms with Gasteiger partial charge in [0.25, 0.3) is 0 Å². The van der Waals surface area contributed by atoms with Crippen molar-refractivity contribution >= 4 is 11.7 Å². The molecule has 5 rings (SSSR count). The van der Waals surface area contributed by atoms with E-state index in [0.717, 1.165) is 43.6 Å². The first-order chi connectivity index (χ1) is 19.7. The van der Waals surface area contributed by atoms with Gasteiger partial charge >= 0.3 is 6.18 Å². The molecule has 41 heavy (non-hydrogen) atoms. The van der Waals surface area contributed by atoms with Crippen molar-refractivity contribution in [1.29, 1.82) is 0 Å². The second-order valence-electron chi connectivity index (χ2n) is 11.0. The Morgan fingerprint density at radius 2 is 1.71 bits per heavy atom. The van der Waals surface area contributed by atoms with Gasteiger partial charge in [-0.15, -0.1) is 0 Å². The Labute approximate surface area is 238 Å². The van der Waals surface area contributed by atoms with Crippen molar-refractivity contribution in [1.82, 2.24) is 34.6 Å². The number of hydrogen-bond donors (Lipinski definition) is 0. The maximum Gasteiger partial charge on any atom is 0.416 e. The third kappa shape index (κ3) is 7.17. The molecule has 4 heterocycles. The quantitative estimate of drug-likeness (QED) is 0.410. The summed E-state index contributed by atoms with van der Waals surface area (Å²) in [4.78, 5) is 38.2. The number of piperazine rings is 1. The number of amides is 1. The van der Waals surface area contributed by atoms with E-state index in [0.29, 0.717) is 51.1 Å². The minimum Gasteiger partial charge on any atom is -0.353 e. The Balaban J connectivity index is 1.24. The van der Waals surface area contributed by atoms with Crippen LogP contribution in [-0.2, 0) is 22.9 Å². The monoisotopic (exact) mass is 568 g/mol. The molecule has 0 N–H and O–H groups in total. The van der Waals surface area contributed by atoms with E-state index < -0.39 is 17.2 Å². The fourth-order valence-electron chi connectivity index (χ4n) is 5.92. The molecule has 2 aliphatic heterocycles. The highest BCUT2D eigenvalue weighted by atomic mass is 19.4. The molecular weight excluding hydrogens is 533 g/mol. The molecule has 1 aromatic carbocycles. The van der Waals surface area contributed by atoms with Crippen LogP contribution in [0.3, 0.4) is 0 Å². The largest absolute Gasteiger partial charge is 0.416 e. The van der Waals surface area contributed by atoms with Crippen molar-refractivity contribution in [2.45, 2.75) is 31.0 Å². The predicted octanol–water partition coefficient (Wildman–Crippen LogP) is 3.10. The van der Waals surface area contributed by atoms with E-state index in [1.54, 1.807) is 37.1 Å². The van der Waals surface area contributed by atoms with Crippen LogP contribution in [-0.4, -0.2) is 99.9 Å². The highest BCUT2D eigenvalue weighted by Gasteiger charge is 2.40. The van der Waals surface area contributed by atoms with E-state index in [4.69, 9.17) is 0 Å². The second kappa shape index (κ2) is 12.5. The first-order valence-corrected chi connectivity index (χ1v) is 13.8. The van der Waals surface area contributed by atoms with E-state index in [-0.39, 0.29) is 5.91 Å². The number of hydrogen-bond acceptors (Lipinski definition) is 8. The number of anilines is 1. The molecule has 1 amide bonds. The maximum absolute atomic E-state index is 13.6. The first kappa shape index (κ1) is 28.9. The van der Waals surface area contributed by atoms with Gasteiger partial charge in [0, 0.05) is 88.1 Å². The van der Waals surface area contributed by atoms with Crippen molar-refractivity contribution in [3.05, 3.63) is 78.3 Å². The lowest BCUT2D eigenvalue weighted by Gasteiger charge is -2.45. The SMILES string of the molecule is CN(Cc1cncnc1)CC1(c2cccc(C(F)(F)F)c2)CCN(C(=O)CN2CCN(c3cnccn3)CC2)CC1. The Bertz CT molecular complexity index is 1280. The van der Waals surface area contributed by atoms with Crippen LogP contribution in [0, 0.1) is 0 Å². The van der Waals surface area contributed by atoms with Gasteiger partial charge < -0.3 is 14.7 Å². The van der Waals surface area contributed by atoms with E-state index in [1.165, 1.54) is 18.5 Å². The summed E-state index contributed by atoms with van der Waals surface area (Å²) in [5, 5.41) is 0. The van der Waals surface area contributed by atoms with E-state index >= 15 is 0 Å². The lowest BCUT2D eigenvalue weighted by molar-refractivity contribution is -0.137. The third-order valence-electron chi connectivity index (χ3n) is 8.12. The topological polar surface area (TPSA) is 81.6 Å². The fourth-order valence-corrected chi connectivity index (χ4v) is 5.92. The zero-order valence-corrected chi connectivity index (χ0v) is 23.2. The average Bonchev–Trinajstić information content (AvgIpc) is 2.98. The Morgan fingerprint density at radius 3 is 2.37 bits per heavy atom. The van der Waals surface area contributed by atoms with Gasteiger partial charge in [-0.25, -0.2) is 15.0 Å². The molecule has 0 saturated carbocycles. The van der Waals surface area contributed by atoms with Gasteiger partial charge in [-0.2, -0.15) is 13.2 Å². The third-order valence-corrected chi connectivity index (χ3v) is 8.12. The number of likely N-dealkylation sites (N-methyl/N-ethyl adjacent to an activating group) is 1. The van der Waals surface area contributed by atoms with Gasteiger partial charge in [0.2, 0.25) is 5.91 Å². The zero-order valence-electron chi connectivity index (χ0n) is 23.2. The Morgan fingerprint density at radius 1 is 0.976 bits per heavy atom. The number of likely N-dealkylation sites (tertiary alicyclic amines) is 1. The summed E-state index contributed by atoms with van der Waals surface area (Å²) in [5.74, 6) is 0.899. The summed E-state index contributed by atoms with van der Waals surface area (Å²) < 4.78 is 40.9. The minimum atomic E-state index is -4.42. The van der Waals surface area contributed by atoms with Gasteiger partial charge in [0.05, 0.1) is 18.3 Å². The van der Waals surface area contributed by atoms with Crippen LogP contribution in [0.4, 0.5) is 19.0 Å². The smallest absolute Gasteiger partial charge is 0.353 e. The lowest BCUT2D eigenvalue weighted by Crippen LogP contribution is -2.53. The van der Waals surface area contributed by atoms with Crippen LogP contribution in [0.5, 0.6) is 0 Å². The van der Waals surface area contributed by atoms with Crippen LogP contribution in [0.2, 0.25) is 0 Å². The number of alkyl halides is 3. The molecule has 0 unspecified atom stereocenters. The molecule has 2 aromatic heterocycles. The number of benzene rings is 1. The number of carbonyl (C=O) groups excluding carboxylic acids is 1. The number of carbonyl (C=O) groups is 1. The predicted molar refractivity (Wildman–Crippen MR) is 148 cm³/mol. The summed E-state index contributed by atoms with van der Waals surface area (Å²) in [7, 11) is 1.96. The lowest BCUT2D eigenvalue weighted by atomic mass is 9.72. The van der Waals surface area contributed by atoms with Crippen LogP contribution >= 0.6 is 0 Å². The molecule has 0 spiro atoms. The Kier molecular flexibility index (Phi) is 8.79. The molecular formula is C29H35F3N8O. The molecule has 2 fully saturated rings. The van der Waals surface area contributed by atoms with Gasteiger partial charge in [-0.1, -0.05) is 18.2 Å². The fraction of sp³-hybridized carbons (Fsp3) is 0.483. The van der Waals surface area contributed by atoms with Gasteiger partial charge in [-0.05, 0) is 31.5 Å². The van der Waals surface area contributed by atoms with Crippen molar-refractivity contribution in [3.8, 4) is 0 Å². The van der Waals surface area contributed by atoms with E-state index in [2.05, 4.69) is 34.6 Å². The minimum absolute atomic E-state index is 0.0605. The molecule has 0 atom stereocenters. The van der Waals surface area contributed by atoms with Gasteiger partial charge in [-0.3, -0.25) is 14.7 Å². The second-order valence-corrected chi connectivity index (χ2v) is 11.0. The van der Waals surface area contributed by atoms with Crippen molar-refractivity contribution in [2.24, 2.45) is 0 Å². The summed E-state index contributed by atoms with van der Waals surface area (Å²) in [5.41, 5.74) is 0.426. The molecule has 2 aliphatic rings. The Hall–Kier alpha value is -3.64. The summed E-state index contributed by atoms with van der Waals surface area (Å²) in [6.07, 6.45) is 6.77. The molecule has 0 bridgehead atoms. The molecule has 9 nitrogen and oxygen atoms in total. The van der Waals surface area contributed by atoms with Gasteiger partial charge in [0.1, 0.15) is 12.1 Å². The van der Waals surface area contributed by atoms with Crippen molar-refractivity contribution in [2.75, 3.05) is 64.3 Å². The van der Waals surface area contributed by atoms with Gasteiger partial charge in [0.15, 0.2) is 0 Å². The number of aromatic nitrogens is 4.